The van der Waals surface area contributed by atoms with Crippen LogP contribution in [0.25, 0.3) is 0 Å². The Morgan fingerprint density at radius 2 is 1.92 bits per heavy atom. The van der Waals surface area contributed by atoms with Crippen LogP contribution < -0.4 is 10.0 Å². The number of amides is 1. The molecule has 1 aromatic carbocycles. The van der Waals surface area contributed by atoms with Gasteiger partial charge in [-0.1, -0.05) is 6.92 Å². The van der Waals surface area contributed by atoms with E-state index in [-0.39, 0.29) is 11.3 Å². The van der Waals surface area contributed by atoms with E-state index in [1.807, 2.05) is 0 Å². The SMILES string of the molecule is CCC(NS(=O)(=O)c1ccc(F)cc1)C(=O)Nc1ccnc(C)c1. The number of pyridine rings is 1. The van der Waals surface area contributed by atoms with Crippen LogP contribution in [0, 0.1) is 12.7 Å². The van der Waals surface area contributed by atoms with Crippen molar-refractivity contribution in [2.45, 2.75) is 31.2 Å². The molecule has 24 heavy (non-hydrogen) atoms. The second-order valence-corrected chi connectivity index (χ2v) is 6.93. The van der Waals surface area contributed by atoms with Gasteiger partial charge in [-0.2, -0.15) is 4.72 Å². The first-order chi connectivity index (χ1) is 11.3. The molecule has 2 aromatic rings. The number of anilines is 1. The minimum Gasteiger partial charge on any atom is -0.325 e. The third-order valence-electron chi connectivity index (χ3n) is 3.31. The fraction of sp³-hybridized carbons (Fsp3) is 0.250. The van der Waals surface area contributed by atoms with Crippen molar-refractivity contribution in [2.24, 2.45) is 0 Å². The third kappa shape index (κ3) is 4.59. The van der Waals surface area contributed by atoms with Crippen LogP contribution in [-0.4, -0.2) is 25.4 Å². The quantitative estimate of drug-likeness (QED) is 0.835. The third-order valence-corrected chi connectivity index (χ3v) is 4.80. The van der Waals surface area contributed by atoms with Crippen LogP contribution in [0.15, 0.2) is 47.5 Å². The summed E-state index contributed by atoms with van der Waals surface area (Å²) in [5.74, 6) is -1.01. The first-order valence-corrected chi connectivity index (χ1v) is 8.81. The molecule has 8 heteroatoms. The molecule has 1 amide bonds. The number of nitrogens with zero attached hydrogens (tertiary/aromatic N) is 1. The minimum atomic E-state index is -3.92. The van der Waals surface area contributed by atoms with Crippen molar-refractivity contribution in [1.82, 2.24) is 9.71 Å². The van der Waals surface area contributed by atoms with Crippen molar-refractivity contribution >= 4 is 21.6 Å². The number of hydrogen-bond donors (Lipinski definition) is 2. The van der Waals surface area contributed by atoms with Crippen LogP contribution in [0.5, 0.6) is 0 Å². The molecule has 2 N–H and O–H groups in total. The molecule has 0 saturated heterocycles. The average Bonchev–Trinajstić information content (AvgIpc) is 2.53. The van der Waals surface area contributed by atoms with E-state index < -0.39 is 27.8 Å². The van der Waals surface area contributed by atoms with E-state index in [0.717, 1.165) is 30.0 Å². The molecule has 2 rings (SSSR count). The summed E-state index contributed by atoms with van der Waals surface area (Å²) < 4.78 is 39.9. The molecule has 0 aliphatic carbocycles. The molecule has 0 aliphatic rings. The lowest BCUT2D eigenvalue weighted by Gasteiger charge is -2.17. The highest BCUT2D eigenvalue weighted by molar-refractivity contribution is 7.89. The predicted molar refractivity (Wildman–Crippen MR) is 88.4 cm³/mol. The Bertz CT molecular complexity index is 823. The zero-order valence-electron chi connectivity index (χ0n) is 13.3. The summed E-state index contributed by atoms with van der Waals surface area (Å²) >= 11 is 0. The first-order valence-electron chi connectivity index (χ1n) is 7.33. The highest BCUT2D eigenvalue weighted by Gasteiger charge is 2.24. The van der Waals surface area contributed by atoms with Crippen molar-refractivity contribution in [3.05, 3.63) is 54.1 Å². The molecule has 1 aromatic heterocycles. The Morgan fingerprint density at radius 1 is 1.25 bits per heavy atom. The Balaban J connectivity index is 2.13. The van der Waals surface area contributed by atoms with Gasteiger partial charge in [0.2, 0.25) is 15.9 Å². The molecule has 128 valence electrons. The number of sulfonamides is 1. The normalized spacial score (nSPS) is 12.6. The highest BCUT2D eigenvalue weighted by atomic mass is 32.2. The smallest absolute Gasteiger partial charge is 0.242 e. The summed E-state index contributed by atoms with van der Waals surface area (Å²) in [5.41, 5.74) is 1.26. The van der Waals surface area contributed by atoms with Gasteiger partial charge in [0.25, 0.3) is 0 Å². The predicted octanol–water partition coefficient (Wildman–Crippen LogP) is 2.22. The Morgan fingerprint density at radius 3 is 2.50 bits per heavy atom. The van der Waals surface area contributed by atoms with E-state index in [4.69, 9.17) is 0 Å². The Kier molecular flexibility index (Phi) is 5.63. The van der Waals surface area contributed by atoms with Gasteiger partial charge in [-0.25, -0.2) is 12.8 Å². The molecule has 1 atom stereocenters. The molecule has 0 spiro atoms. The lowest BCUT2D eigenvalue weighted by atomic mass is 10.2. The molecule has 1 unspecified atom stereocenters. The van der Waals surface area contributed by atoms with E-state index >= 15 is 0 Å². The summed E-state index contributed by atoms with van der Waals surface area (Å²) in [6.45, 7) is 3.47. The zero-order valence-corrected chi connectivity index (χ0v) is 14.1. The van der Waals surface area contributed by atoms with Crippen LogP contribution in [0.3, 0.4) is 0 Å². The Hall–Kier alpha value is -2.32. The van der Waals surface area contributed by atoms with Gasteiger partial charge in [0, 0.05) is 17.6 Å². The molecule has 6 nitrogen and oxygen atoms in total. The van der Waals surface area contributed by atoms with Gasteiger partial charge in [0.15, 0.2) is 0 Å². The summed E-state index contributed by atoms with van der Waals surface area (Å²) in [5, 5.41) is 2.65. The molecule has 0 radical (unpaired) electrons. The van der Waals surface area contributed by atoms with E-state index in [1.54, 1.807) is 32.2 Å². The molecule has 0 bridgehead atoms. The van der Waals surface area contributed by atoms with Gasteiger partial charge in [-0.05, 0) is 49.7 Å². The van der Waals surface area contributed by atoms with Crippen LogP contribution in [0.4, 0.5) is 10.1 Å². The Labute approximate surface area is 140 Å². The summed E-state index contributed by atoms with van der Waals surface area (Å²) in [4.78, 5) is 16.2. The number of halogens is 1. The number of hydrogen-bond acceptors (Lipinski definition) is 4. The van der Waals surface area contributed by atoms with Crippen LogP contribution in [-0.2, 0) is 14.8 Å². The summed E-state index contributed by atoms with van der Waals surface area (Å²) in [7, 11) is -3.92. The van der Waals surface area contributed by atoms with Gasteiger partial charge in [-0.15, -0.1) is 0 Å². The van der Waals surface area contributed by atoms with Gasteiger partial charge in [-0.3, -0.25) is 9.78 Å². The highest BCUT2D eigenvalue weighted by Crippen LogP contribution is 2.13. The maximum absolute atomic E-state index is 12.9. The van der Waals surface area contributed by atoms with Gasteiger partial charge in [0.05, 0.1) is 4.90 Å². The first kappa shape index (κ1) is 18.0. The van der Waals surface area contributed by atoms with Crippen molar-refractivity contribution in [3.8, 4) is 0 Å². The maximum Gasteiger partial charge on any atom is 0.242 e. The summed E-state index contributed by atoms with van der Waals surface area (Å²) in [6.07, 6.45) is 1.81. The molecular formula is C16H18FN3O3S. The van der Waals surface area contributed by atoms with Gasteiger partial charge in [0.1, 0.15) is 11.9 Å². The summed E-state index contributed by atoms with van der Waals surface area (Å²) in [6, 6.07) is 6.74. The second-order valence-electron chi connectivity index (χ2n) is 5.21. The van der Waals surface area contributed by atoms with Gasteiger partial charge >= 0.3 is 0 Å². The fourth-order valence-corrected chi connectivity index (χ4v) is 3.32. The molecule has 1 heterocycles. The lowest BCUT2D eigenvalue weighted by molar-refractivity contribution is -0.117. The number of carbonyl (C=O) groups excluding carboxylic acids is 1. The van der Waals surface area contributed by atoms with Crippen molar-refractivity contribution < 1.29 is 17.6 Å². The molecular weight excluding hydrogens is 333 g/mol. The minimum absolute atomic E-state index is 0.102. The number of carbonyl (C=O) groups is 1. The largest absolute Gasteiger partial charge is 0.325 e. The number of nitrogens with one attached hydrogen (secondary N) is 2. The van der Waals surface area contributed by atoms with Gasteiger partial charge < -0.3 is 5.32 Å². The zero-order chi connectivity index (χ0) is 17.7. The molecule has 0 fully saturated rings. The standard InChI is InChI=1S/C16H18FN3O3S/c1-3-15(16(21)19-13-8-9-18-11(2)10-13)20-24(22,23)14-6-4-12(17)5-7-14/h4-10,15,20H,3H2,1-2H3,(H,18,19,21). The topological polar surface area (TPSA) is 88.2 Å². The number of aromatic nitrogens is 1. The number of benzene rings is 1. The number of aryl methyl sites for hydroxylation is 1. The molecule has 0 saturated carbocycles. The molecule has 0 aliphatic heterocycles. The maximum atomic E-state index is 12.9. The van der Waals surface area contributed by atoms with Crippen molar-refractivity contribution in [2.75, 3.05) is 5.32 Å². The van der Waals surface area contributed by atoms with E-state index in [9.17, 15) is 17.6 Å². The van der Waals surface area contributed by atoms with Crippen LogP contribution in [0.1, 0.15) is 19.0 Å². The van der Waals surface area contributed by atoms with E-state index in [1.165, 1.54) is 0 Å². The van der Waals surface area contributed by atoms with Crippen molar-refractivity contribution in [1.29, 1.82) is 0 Å². The van der Waals surface area contributed by atoms with Crippen LogP contribution >= 0.6 is 0 Å². The second kappa shape index (κ2) is 7.50. The van der Waals surface area contributed by atoms with Crippen LogP contribution in [0.2, 0.25) is 0 Å². The van der Waals surface area contributed by atoms with E-state index in [2.05, 4.69) is 15.0 Å². The average molecular weight is 351 g/mol. The lowest BCUT2D eigenvalue weighted by Crippen LogP contribution is -2.43. The number of rotatable bonds is 6. The monoisotopic (exact) mass is 351 g/mol. The van der Waals surface area contributed by atoms with Crippen molar-refractivity contribution in [3.63, 3.8) is 0 Å². The fourth-order valence-electron chi connectivity index (χ4n) is 2.04. The van der Waals surface area contributed by atoms with E-state index in [0.29, 0.717) is 5.69 Å².